The first-order valence-electron chi connectivity index (χ1n) is 6.37. The Morgan fingerprint density at radius 3 is 2.24 bits per heavy atom. The zero-order valence-electron chi connectivity index (χ0n) is 11.2. The molecule has 0 aromatic heterocycles. The van der Waals surface area contributed by atoms with Gasteiger partial charge in [-0.25, -0.2) is 4.79 Å². The molecular formula is C17H14O4. The number of hydrogen-bond donors (Lipinski definition) is 2. The summed E-state index contributed by atoms with van der Waals surface area (Å²) in [4.78, 5) is 21.5. The van der Waals surface area contributed by atoms with Crippen molar-refractivity contribution in [1.29, 1.82) is 0 Å². The van der Waals surface area contributed by atoms with Crippen molar-refractivity contribution in [3.63, 3.8) is 0 Å². The van der Waals surface area contributed by atoms with Crippen LogP contribution in [0.1, 0.15) is 16.7 Å². The molecule has 2 aromatic carbocycles. The Morgan fingerprint density at radius 2 is 1.57 bits per heavy atom. The summed E-state index contributed by atoms with van der Waals surface area (Å²) in [5.41, 5.74) is 2.50. The van der Waals surface area contributed by atoms with Gasteiger partial charge in [0.05, 0.1) is 0 Å². The van der Waals surface area contributed by atoms with Crippen molar-refractivity contribution < 1.29 is 19.8 Å². The third kappa shape index (κ3) is 4.04. The van der Waals surface area contributed by atoms with Crippen LogP contribution >= 0.6 is 0 Å². The van der Waals surface area contributed by atoms with E-state index in [1.807, 2.05) is 36.4 Å². The fourth-order valence-electron chi connectivity index (χ4n) is 1.94. The van der Waals surface area contributed by atoms with E-state index in [4.69, 9.17) is 5.11 Å². The van der Waals surface area contributed by atoms with Crippen molar-refractivity contribution in [2.24, 2.45) is 0 Å². The number of aliphatic carboxylic acids is 1. The molecule has 0 aliphatic rings. The van der Waals surface area contributed by atoms with E-state index < -0.39 is 11.8 Å². The summed E-state index contributed by atoms with van der Waals surface area (Å²) in [6.45, 7) is 0. The molecule has 2 rings (SSSR count). The highest BCUT2D eigenvalue weighted by Crippen LogP contribution is 2.16. The van der Waals surface area contributed by atoms with Gasteiger partial charge in [0.25, 0.3) is 5.78 Å². The van der Waals surface area contributed by atoms with Gasteiger partial charge in [0.1, 0.15) is 5.76 Å². The summed E-state index contributed by atoms with van der Waals surface area (Å²) in [6, 6.07) is 16.8. The second-order valence-electron chi connectivity index (χ2n) is 4.56. The number of aliphatic hydroxyl groups excluding tert-OH is 1. The maximum absolute atomic E-state index is 11.1. The number of ketones is 1. The SMILES string of the molecule is O=C(O)C(=O)/C=C(/O)c1cccc(Cc2ccccc2)c1. The van der Waals surface area contributed by atoms with Crippen LogP contribution in [0.2, 0.25) is 0 Å². The van der Waals surface area contributed by atoms with Crippen LogP contribution in [0.3, 0.4) is 0 Å². The minimum absolute atomic E-state index is 0.350. The number of carbonyl (C=O) groups excluding carboxylic acids is 1. The van der Waals surface area contributed by atoms with E-state index in [0.29, 0.717) is 18.1 Å². The van der Waals surface area contributed by atoms with E-state index in [1.54, 1.807) is 18.2 Å². The molecule has 4 heteroatoms. The van der Waals surface area contributed by atoms with Crippen LogP contribution in [-0.2, 0) is 16.0 Å². The molecule has 0 aliphatic heterocycles. The van der Waals surface area contributed by atoms with E-state index in [9.17, 15) is 14.7 Å². The summed E-state index contributed by atoms with van der Waals surface area (Å²) in [5, 5.41) is 18.3. The Hall–Kier alpha value is -2.88. The lowest BCUT2D eigenvalue weighted by molar-refractivity contribution is -0.146. The van der Waals surface area contributed by atoms with E-state index >= 15 is 0 Å². The normalized spacial score (nSPS) is 11.1. The van der Waals surface area contributed by atoms with Gasteiger partial charge in [0.2, 0.25) is 0 Å². The highest BCUT2D eigenvalue weighted by molar-refractivity contribution is 6.38. The maximum atomic E-state index is 11.1. The molecule has 0 fully saturated rings. The van der Waals surface area contributed by atoms with Gasteiger partial charge in [-0.05, 0) is 23.6 Å². The van der Waals surface area contributed by atoms with Gasteiger partial charge in [-0.2, -0.15) is 0 Å². The number of benzene rings is 2. The van der Waals surface area contributed by atoms with Crippen molar-refractivity contribution in [1.82, 2.24) is 0 Å². The highest BCUT2D eigenvalue weighted by Gasteiger charge is 2.10. The first-order valence-corrected chi connectivity index (χ1v) is 6.37. The fraction of sp³-hybridized carbons (Fsp3) is 0.0588. The standard InChI is InChI=1S/C17H14O4/c18-15(11-16(19)17(20)21)14-8-4-7-13(10-14)9-12-5-2-1-3-6-12/h1-8,10-11,18H,9H2,(H,20,21)/b15-11+. The first kappa shape index (κ1) is 14.5. The molecule has 4 nitrogen and oxygen atoms in total. The molecular weight excluding hydrogens is 268 g/mol. The summed E-state index contributed by atoms with van der Waals surface area (Å²) in [5.74, 6) is -3.10. The van der Waals surface area contributed by atoms with E-state index in [0.717, 1.165) is 11.1 Å². The van der Waals surface area contributed by atoms with Crippen molar-refractivity contribution >= 4 is 17.5 Å². The van der Waals surface area contributed by atoms with Crippen molar-refractivity contribution in [2.45, 2.75) is 6.42 Å². The van der Waals surface area contributed by atoms with Crippen LogP contribution in [0.15, 0.2) is 60.7 Å². The van der Waals surface area contributed by atoms with Crippen LogP contribution in [0.5, 0.6) is 0 Å². The molecule has 2 N–H and O–H groups in total. The third-order valence-corrected chi connectivity index (χ3v) is 2.95. The van der Waals surface area contributed by atoms with Crippen LogP contribution in [0, 0.1) is 0 Å². The Morgan fingerprint density at radius 1 is 0.905 bits per heavy atom. The van der Waals surface area contributed by atoms with Crippen LogP contribution in [-0.4, -0.2) is 22.0 Å². The zero-order chi connectivity index (χ0) is 15.2. The van der Waals surface area contributed by atoms with Gasteiger partial charge < -0.3 is 10.2 Å². The van der Waals surface area contributed by atoms with E-state index in [2.05, 4.69) is 0 Å². The van der Waals surface area contributed by atoms with Crippen LogP contribution in [0.4, 0.5) is 0 Å². The molecule has 0 saturated carbocycles. The summed E-state index contributed by atoms with van der Waals surface area (Å²) >= 11 is 0. The Kier molecular flexibility index (Phi) is 4.51. The monoisotopic (exact) mass is 282 g/mol. The van der Waals surface area contributed by atoms with Gasteiger partial charge in [0.15, 0.2) is 0 Å². The van der Waals surface area contributed by atoms with Crippen molar-refractivity contribution in [2.75, 3.05) is 0 Å². The average Bonchev–Trinajstić information content (AvgIpc) is 2.48. The predicted molar refractivity (Wildman–Crippen MR) is 78.9 cm³/mol. The minimum atomic E-state index is -1.60. The summed E-state index contributed by atoms with van der Waals surface area (Å²) < 4.78 is 0. The molecule has 0 unspecified atom stereocenters. The number of hydrogen-bond acceptors (Lipinski definition) is 3. The van der Waals surface area contributed by atoms with E-state index in [1.165, 1.54) is 0 Å². The van der Waals surface area contributed by atoms with Gasteiger partial charge in [-0.3, -0.25) is 4.79 Å². The summed E-state index contributed by atoms with van der Waals surface area (Å²) in [6.07, 6.45) is 1.40. The van der Waals surface area contributed by atoms with Crippen LogP contribution < -0.4 is 0 Å². The Balaban J connectivity index is 2.22. The summed E-state index contributed by atoms with van der Waals surface area (Å²) in [7, 11) is 0. The molecule has 0 bridgehead atoms. The molecule has 0 spiro atoms. The van der Waals surface area contributed by atoms with E-state index in [-0.39, 0.29) is 5.76 Å². The van der Waals surface area contributed by atoms with Crippen LogP contribution in [0.25, 0.3) is 5.76 Å². The number of carboxylic acids is 1. The smallest absolute Gasteiger partial charge is 0.376 e. The number of aliphatic hydroxyl groups is 1. The lowest BCUT2D eigenvalue weighted by atomic mass is 10.0. The molecule has 21 heavy (non-hydrogen) atoms. The maximum Gasteiger partial charge on any atom is 0.376 e. The molecule has 0 aliphatic carbocycles. The van der Waals surface area contributed by atoms with Gasteiger partial charge in [-0.1, -0.05) is 48.5 Å². The molecule has 0 radical (unpaired) electrons. The fourth-order valence-corrected chi connectivity index (χ4v) is 1.94. The second kappa shape index (κ2) is 6.52. The topological polar surface area (TPSA) is 74.6 Å². The molecule has 0 amide bonds. The average molecular weight is 282 g/mol. The number of carboxylic acid groups (broad SMARTS) is 1. The molecule has 2 aromatic rings. The number of rotatable bonds is 5. The number of carbonyl (C=O) groups is 2. The van der Waals surface area contributed by atoms with Gasteiger partial charge in [-0.15, -0.1) is 0 Å². The van der Waals surface area contributed by atoms with Crippen molar-refractivity contribution in [3.8, 4) is 0 Å². The predicted octanol–water partition coefficient (Wildman–Crippen LogP) is 2.83. The molecule has 106 valence electrons. The van der Waals surface area contributed by atoms with Crippen molar-refractivity contribution in [3.05, 3.63) is 77.4 Å². The minimum Gasteiger partial charge on any atom is -0.507 e. The molecule has 0 heterocycles. The molecule has 0 atom stereocenters. The Labute approximate surface area is 122 Å². The quantitative estimate of drug-likeness (QED) is 0.502. The third-order valence-electron chi connectivity index (χ3n) is 2.95. The zero-order valence-corrected chi connectivity index (χ0v) is 11.2. The largest absolute Gasteiger partial charge is 0.507 e. The first-order chi connectivity index (χ1) is 10.1. The molecule has 0 saturated heterocycles. The lowest BCUT2D eigenvalue weighted by Gasteiger charge is -2.05. The van der Waals surface area contributed by atoms with Gasteiger partial charge >= 0.3 is 5.97 Å². The Bertz CT molecular complexity index is 687. The highest BCUT2D eigenvalue weighted by atomic mass is 16.4. The lowest BCUT2D eigenvalue weighted by Crippen LogP contribution is -2.09. The van der Waals surface area contributed by atoms with Gasteiger partial charge in [0, 0.05) is 11.6 Å². The second-order valence-corrected chi connectivity index (χ2v) is 4.56.